The van der Waals surface area contributed by atoms with Crippen LogP contribution < -0.4 is 5.32 Å². The first-order valence-corrected chi connectivity index (χ1v) is 7.19. The summed E-state index contributed by atoms with van der Waals surface area (Å²) in [6, 6.07) is 0. The number of nitrogens with zero attached hydrogens (tertiary/aromatic N) is 1. The third kappa shape index (κ3) is 3.69. The highest BCUT2D eigenvalue weighted by atomic mass is 16.5. The van der Waals surface area contributed by atoms with Gasteiger partial charge in [-0.15, -0.1) is 0 Å². The van der Waals surface area contributed by atoms with Crippen molar-refractivity contribution in [3.63, 3.8) is 0 Å². The van der Waals surface area contributed by atoms with Crippen LogP contribution in [0.1, 0.15) is 38.5 Å². The molecule has 5 nitrogen and oxygen atoms in total. The standard InChI is InChI=1S/C14H24N2O3/c1-19-11-14(6-2-3-7-14)10-15-12(17)9-16-8-4-5-13(16)18/h2-11H2,1H3,(H,15,17). The first kappa shape index (κ1) is 14.3. The van der Waals surface area contributed by atoms with Gasteiger partial charge in [-0.1, -0.05) is 12.8 Å². The predicted octanol–water partition coefficient (Wildman–Crippen LogP) is 0.932. The summed E-state index contributed by atoms with van der Waals surface area (Å²) in [4.78, 5) is 25.0. The maximum absolute atomic E-state index is 11.9. The van der Waals surface area contributed by atoms with Gasteiger partial charge in [0.1, 0.15) is 0 Å². The van der Waals surface area contributed by atoms with E-state index in [1.54, 1.807) is 12.0 Å². The summed E-state index contributed by atoms with van der Waals surface area (Å²) >= 11 is 0. The molecule has 1 heterocycles. The second kappa shape index (κ2) is 6.37. The van der Waals surface area contributed by atoms with Crippen molar-refractivity contribution in [1.82, 2.24) is 10.2 Å². The van der Waals surface area contributed by atoms with Crippen LogP contribution in [0, 0.1) is 5.41 Å². The average Bonchev–Trinajstić information content (AvgIpc) is 2.99. The molecule has 0 aromatic carbocycles. The summed E-state index contributed by atoms with van der Waals surface area (Å²) in [7, 11) is 1.71. The molecule has 0 bridgehead atoms. The van der Waals surface area contributed by atoms with Crippen LogP contribution in [0.5, 0.6) is 0 Å². The molecule has 2 amide bonds. The molecule has 0 atom stereocenters. The van der Waals surface area contributed by atoms with Gasteiger partial charge in [0.05, 0.1) is 13.2 Å². The van der Waals surface area contributed by atoms with E-state index in [-0.39, 0.29) is 23.8 Å². The van der Waals surface area contributed by atoms with Crippen LogP contribution in [0.2, 0.25) is 0 Å². The number of hydrogen-bond donors (Lipinski definition) is 1. The van der Waals surface area contributed by atoms with Crippen LogP contribution in [-0.4, -0.2) is 50.1 Å². The molecule has 0 spiro atoms. The number of carbonyl (C=O) groups excluding carboxylic acids is 2. The third-order valence-corrected chi connectivity index (χ3v) is 4.28. The monoisotopic (exact) mass is 268 g/mol. The summed E-state index contributed by atoms with van der Waals surface area (Å²) < 4.78 is 5.30. The van der Waals surface area contributed by atoms with E-state index in [1.165, 1.54) is 12.8 Å². The molecule has 0 aromatic rings. The van der Waals surface area contributed by atoms with Crippen molar-refractivity contribution >= 4 is 11.8 Å². The lowest BCUT2D eigenvalue weighted by molar-refractivity contribution is -0.133. The van der Waals surface area contributed by atoms with E-state index >= 15 is 0 Å². The zero-order valence-electron chi connectivity index (χ0n) is 11.7. The van der Waals surface area contributed by atoms with Gasteiger partial charge in [-0.3, -0.25) is 9.59 Å². The van der Waals surface area contributed by atoms with Crippen LogP contribution in [0.25, 0.3) is 0 Å². The van der Waals surface area contributed by atoms with Gasteiger partial charge < -0.3 is 15.0 Å². The van der Waals surface area contributed by atoms with E-state index in [4.69, 9.17) is 4.74 Å². The van der Waals surface area contributed by atoms with E-state index in [0.717, 1.165) is 25.8 Å². The van der Waals surface area contributed by atoms with Gasteiger partial charge in [0, 0.05) is 32.0 Å². The van der Waals surface area contributed by atoms with E-state index in [2.05, 4.69) is 5.32 Å². The van der Waals surface area contributed by atoms with Crippen LogP contribution in [-0.2, 0) is 14.3 Å². The van der Waals surface area contributed by atoms with Crippen LogP contribution in [0.3, 0.4) is 0 Å². The van der Waals surface area contributed by atoms with Gasteiger partial charge in [-0.05, 0) is 19.3 Å². The van der Waals surface area contributed by atoms with Crippen molar-refractivity contribution in [1.29, 1.82) is 0 Å². The smallest absolute Gasteiger partial charge is 0.239 e. The lowest BCUT2D eigenvalue weighted by Gasteiger charge is -2.28. The normalized spacial score (nSPS) is 21.9. The minimum atomic E-state index is -0.0439. The predicted molar refractivity (Wildman–Crippen MR) is 71.6 cm³/mol. The molecule has 2 rings (SSSR count). The first-order chi connectivity index (χ1) is 9.15. The second-order valence-electron chi connectivity index (χ2n) is 5.84. The van der Waals surface area contributed by atoms with Gasteiger partial charge in [-0.2, -0.15) is 0 Å². The molecule has 1 saturated carbocycles. The number of ether oxygens (including phenoxy) is 1. The molecule has 1 aliphatic carbocycles. The van der Waals surface area contributed by atoms with Crippen molar-refractivity contribution in [2.45, 2.75) is 38.5 Å². The molecule has 2 fully saturated rings. The Balaban J connectivity index is 1.77. The highest BCUT2D eigenvalue weighted by Gasteiger charge is 2.34. The van der Waals surface area contributed by atoms with E-state index < -0.39 is 0 Å². The molecule has 0 aromatic heterocycles. The maximum Gasteiger partial charge on any atom is 0.239 e. The lowest BCUT2D eigenvalue weighted by atomic mass is 9.87. The Bertz CT molecular complexity index is 338. The average molecular weight is 268 g/mol. The number of amides is 2. The first-order valence-electron chi connectivity index (χ1n) is 7.19. The summed E-state index contributed by atoms with van der Waals surface area (Å²) in [5, 5.41) is 2.98. The fourth-order valence-electron chi connectivity index (χ4n) is 3.19. The molecule has 1 saturated heterocycles. The molecule has 1 aliphatic heterocycles. The lowest BCUT2D eigenvalue weighted by Crippen LogP contribution is -2.43. The second-order valence-corrected chi connectivity index (χ2v) is 5.84. The van der Waals surface area contributed by atoms with Crippen molar-refractivity contribution in [2.75, 3.05) is 33.4 Å². The SMILES string of the molecule is COCC1(CNC(=O)CN2CCCC2=O)CCCC1. The molecule has 2 aliphatic rings. The number of methoxy groups -OCH3 is 1. The number of rotatable bonds is 6. The molecule has 0 radical (unpaired) electrons. The van der Waals surface area contributed by atoms with E-state index in [9.17, 15) is 9.59 Å². The van der Waals surface area contributed by atoms with Gasteiger partial charge in [0.25, 0.3) is 0 Å². The van der Waals surface area contributed by atoms with Gasteiger partial charge >= 0.3 is 0 Å². The largest absolute Gasteiger partial charge is 0.384 e. The fourth-order valence-corrected chi connectivity index (χ4v) is 3.19. The topological polar surface area (TPSA) is 58.6 Å². The number of hydrogen-bond acceptors (Lipinski definition) is 3. The number of carbonyl (C=O) groups is 2. The molecule has 108 valence electrons. The van der Waals surface area contributed by atoms with E-state index in [1.807, 2.05) is 0 Å². The summed E-state index contributed by atoms with van der Waals surface area (Å²) in [6.45, 7) is 2.30. The molecule has 0 unspecified atom stereocenters. The maximum atomic E-state index is 11.9. The van der Waals surface area contributed by atoms with Crippen molar-refractivity contribution in [2.24, 2.45) is 5.41 Å². The Morgan fingerprint density at radius 2 is 2.11 bits per heavy atom. The molecule has 19 heavy (non-hydrogen) atoms. The Morgan fingerprint density at radius 3 is 2.68 bits per heavy atom. The Labute approximate surface area is 114 Å². The summed E-state index contributed by atoms with van der Waals surface area (Å²) in [5.41, 5.74) is 0.111. The third-order valence-electron chi connectivity index (χ3n) is 4.28. The summed E-state index contributed by atoms with van der Waals surface area (Å²) in [5.74, 6) is 0.0558. The summed E-state index contributed by atoms with van der Waals surface area (Å²) in [6.07, 6.45) is 6.11. The highest BCUT2D eigenvalue weighted by Crippen LogP contribution is 2.37. The number of likely N-dealkylation sites (tertiary alicyclic amines) is 1. The minimum Gasteiger partial charge on any atom is -0.384 e. The molecular formula is C14H24N2O3. The molecular weight excluding hydrogens is 244 g/mol. The fraction of sp³-hybridized carbons (Fsp3) is 0.857. The van der Waals surface area contributed by atoms with Crippen LogP contribution >= 0.6 is 0 Å². The Kier molecular flexibility index (Phi) is 4.80. The Morgan fingerprint density at radius 1 is 1.37 bits per heavy atom. The van der Waals surface area contributed by atoms with Crippen molar-refractivity contribution in [3.8, 4) is 0 Å². The van der Waals surface area contributed by atoms with E-state index in [0.29, 0.717) is 19.6 Å². The van der Waals surface area contributed by atoms with Gasteiger partial charge in [0.2, 0.25) is 11.8 Å². The molecule has 1 N–H and O–H groups in total. The van der Waals surface area contributed by atoms with Crippen LogP contribution in [0.4, 0.5) is 0 Å². The molecule has 5 heteroatoms. The number of nitrogens with one attached hydrogen (secondary N) is 1. The minimum absolute atomic E-state index is 0.0439. The van der Waals surface area contributed by atoms with Crippen molar-refractivity contribution in [3.05, 3.63) is 0 Å². The Hall–Kier alpha value is -1.10. The van der Waals surface area contributed by atoms with Gasteiger partial charge in [0.15, 0.2) is 0 Å². The highest BCUT2D eigenvalue weighted by molar-refractivity contribution is 5.85. The quantitative estimate of drug-likeness (QED) is 0.779. The van der Waals surface area contributed by atoms with Gasteiger partial charge in [-0.25, -0.2) is 0 Å². The van der Waals surface area contributed by atoms with Crippen molar-refractivity contribution < 1.29 is 14.3 Å². The van der Waals surface area contributed by atoms with Crippen LogP contribution in [0.15, 0.2) is 0 Å². The zero-order chi connectivity index (χ0) is 13.7. The zero-order valence-corrected chi connectivity index (χ0v) is 11.7.